The van der Waals surface area contributed by atoms with Crippen LogP contribution in [0.1, 0.15) is 37.7 Å². The molecule has 1 aliphatic rings. The predicted molar refractivity (Wildman–Crippen MR) is 98.8 cm³/mol. The summed E-state index contributed by atoms with van der Waals surface area (Å²) in [6.45, 7) is 9.71. The molecule has 0 N–H and O–H groups in total. The Labute approximate surface area is 143 Å². The van der Waals surface area contributed by atoms with Crippen LogP contribution >= 0.6 is 0 Å². The molecule has 3 aromatic rings. The highest BCUT2D eigenvalue weighted by Crippen LogP contribution is 2.32. The third kappa shape index (κ3) is 2.37. The summed E-state index contributed by atoms with van der Waals surface area (Å²) >= 11 is 0. The number of benzene rings is 1. The summed E-state index contributed by atoms with van der Waals surface area (Å²) < 4.78 is 1.99. The second-order valence-electron chi connectivity index (χ2n) is 7.85. The zero-order valence-electron chi connectivity index (χ0n) is 15.1. The highest BCUT2D eigenvalue weighted by Gasteiger charge is 2.21. The maximum absolute atomic E-state index is 4.85. The van der Waals surface area contributed by atoms with Crippen LogP contribution in [0.2, 0.25) is 0 Å². The van der Waals surface area contributed by atoms with Gasteiger partial charge in [-0.1, -0.05) is 26.8 Å². The molecule has 1 aromatic carbocycles. The number of anilines is 1. The Morgan fingerprint density at radius 2 is 1.88 bits per heavy atom. The van der Waals surface area contributed by atoms with Crippen molar-refractivity contribution < 1.29 is 0 Å². The lowest BCUT2D eigenvalue weighted by Crippen LogP contribution is -2.12. The Hall–Kier alpha value is -2.36. The first-order valence-electron chi connectivity index (χ1n) is 8.55. The van der Waals surface area contributed by atoms with E-state index in [1.54, 1.807) is 0 Å². The van der Waals surface area contributed by atoms with Gasteiger partial charge in [0.05, 0.1) is 11.4 Å². The van der Waals surface area contributed by atoms with Crippen molar-refractivity contribution in [2.24, 2.45) is 0 Å². The van der Waals surface area contributed by atoms with Crippen molar-refractivity contribution in [2.75, 3.05) is 18.5 Å². The van der Waals surface area contributed by atoms with Crippen molar-refractivity contribution in [2.45, 2.75) is 39.5 Å². The number of likely N-dealkylation sites (N-methyl/N-ethyl adjacent to an activating group) is 1. The molecule has 1 aliphatic heterocycles. The lowest BCUT2D eigenvalue weighted by Gasteiger charge is -2.14. The SMILES string of the molecule is Cc1cc(-c2ccc3c(c2)CCN3C)n2nc(C(C)(C)C)cc2n1. The molecule has 0 atom stereocenters. The van der Waals surface area contributed by atoms with Gasteiger partial charge in [0.1, 0.15) is 0 Å². The molecule has 0 saturated heterocycles. The van der Waals surface area contributed by atoms with Crippen LogP contribution in [-0.2, 0) is 11.8 Å². The van der Waals surface area contributed by atoms with Crippen molar-refractivity contribution >= 4 is 11.3 Å². The summed E-state index contributed by atoms with van der Waals surface area (Å²) in [5.74, 6) is 0. The molecule has 4 rings (SSSR count). The number of hydrogen-bond donors (Lipinski definition) is 0. The van der Waals surface area contributed by atoms with Crippen LogP contribution in [0.25, 0.3) is 16.9 Å². The minimum Gasteiger partial charge on any atom is -0.374 e. The minimum absolute atomic E-state index is 0.0134. The Morgan fingerprint density at radius 1 is 1.08 bits per heavy atom. The fourth-order valence-electron chi connectivity index (χ4n) is 3.40. The Bertz CT molecular complexity index is 931. The van der Waals surface area contributed by atoms with E-state index >= 15 is 0 Å². The average molecular weight is 320 g/mol. The van der Waals surface area contributed by atoms with Gasteiger partial charge in [-0.2, -0.15) is 5.10 Å². The molecule has 0 saturated carbocycles. The van der Waals surface area contributed by atoms with E-state index in [1.165, 1.54) is 16.8 Å². The van der Waals surface area contributed by atoms with Crippen molar-refractivity contribution in [1.29, 1.82) is 0 Å². The van der Waals surface area contributed by atoms with E-state index in [9.17, 15) is 0 Å². The highest BCUT2D eigenvalue weighted by molar-refractivity contribution is 5.70. The van der Waals surface area contributed by atoms with Gasteiger partial charge in [-0.3, -0.25) is 0 Å². The van der Waals surface area contributed by atoms with Gasteiger partial charge >= 0.3 is 0 Å². The maximum atomic E-state index is 4.85. The third-order valence-electron chi connectivity index (χ3n) is 4.83. The first-order valence-corrected chi connectivity index (χ1v) is 8.55. The van der Waals surface area contributed by atoms with E-state index in [0.717, 1.165) is 35.7 Å². The normalized spacial score (nSPS) is 14.5. The number of rotatable bonds is 1. The predicted octanol–water partition coefficient (Wildman–Crippen LogP) is 3.99. The number of aryl methyl sites for hydroxylation is 1. The summed E-state index contributed by atoms with van der Waals surface area (Å²) in [6, 6.07) is 11.0. The van der Waals surface area contributed by atoms with Gasteiger partial charge < -0.3 is 4.90 Å². The fourth-order valence-corrected chi connectivity index (χ4v) is 3.40. The zero-order valence-corrected chi connectivity index (χ0v) is 15.1. The number of hydrogen-bond acceptors (Lipinski definition) is 3. The third-order valence-corrected chi connectivity index (χ3v) is 4.83. The number of nitrogens with zero attached hydrogens (tertiary/aromatic N) is 4. The average Bonchev–Trinajstić information content (AvgIpc) is 3.10. The monoisotopic (exact) mass is 320 g/mol. The molecule has 4 nitrogen and oxygen atoms in total. The van der Waals surface area contributed by atoms with Crippen LogP contribution in [-0.4, -0.2) is 28.2 Å². The van der Waals surface area contributed by atoms with Gasteiger partial charge in [-0.05, 0) is 37.1 Å². The van der Waals surface area contributed by atoms with Gasteiger partial charge in [0, 0.05) is 42.0 Å². The molecule has 3 heterocycles. The van der Waals surface area contributed by atoms with E-state index < -0.39 is 0 Å². The molecule has 24 heavy (non-hydrogen) atoms. The van der Waals surface area contributed by atoms with Gasteiger partial charge in [-0.15, -0.1) is 0 Å². The van der Waals surface area contributed by atoms with E-state index in [4.69, 9.17) is 5.10 Å². The second kappa shape index (κ2) is 5.07. The van der Waals surface area contributed by atoms with E-state index in [2.05, 4.69) is 75.0 Å². The standard InChI is InChI=1S/C20H24N4/c1-13-10-17(14-6-7-16-15(11-14)8-9-23(16)5)24-19(21-13)12-18(22-24)20(2,3)4/h6-7,10-12H,8-9H2,1-5H3. The summed E-state index contributed by atoms with van der Waals surface area (Å²) in [5.41, 5.74) is 8.12. The Kier molecular flexibility index (Phi) is 3.21. The van der Waals surface area contributed by atoms with Gasteiger partial charge in [0.15, 0.2) is 5.65 Å². The van der Waals surface area contributed by atoms with E-state index in [1.807, 2.05) is 4.52 Å². The quantitative estimate of drug-likeness (QED) is 0.679. The van der Waals surface area contributed by atoms with Crippen LogP contribution in [0.3, 0.4) is 0 Å². The molecule has 0 bridgehead atoms. The zero-order chi connectivity index (χ0) is 17.1. The second-order valence-corrected chi connectivity index (χ2v) is 7.85. The topological polar surface area (TPSA) is 33.4 Å². The van der Waals surface area contributed by atoms with Crippen LogP contribution in [0.15, 0.2) is 30.3 Å². The molecule has 0 fully saturated rings. The van der Waals surface area contributed by atoms with Crippen molar-refractivity contribution in [3.63, 3.8) is 0 Å². The molecule has 124 valence electrons. The molecule has 0 radical (unpaired) electrons. The van der Waals surface area contributed by atoms with Crippen LogP contribution in [0, 0.1) is 6.92 Å². The van der Waals surface area contributed by atoms with Crippen molar-refractivity contribution in [3.8, 4) is 11.3 Å². The molecule has 0 aliphatic carbocycles. The Morgan fingerprint density at radius 3 is 2.62 bits per heavy atom. The molecule has 0 spiro atoms. The molecular weight excluding hydrogens is 296 g/mol. The first-order chi connectivity index (χ1) is 11.3. The van der Waals surface area contributed by atoms with Crippen LogP contribution in [0.5, 0.6) is 0 Å². The van der Waals surface area contributed by atoms with Crippen molar-refractivity contribution in [3.05, 3.63) is 47.3 Å². The first kappa shape index (κ1) is 15.2. The minimum atomic E-state index is 0.0134. The molecular formula is C20H24N4. The number of fused-ring (bicyclic) bond motifs is 2. The van der Waals surface area contributed by atoms with E-state index in [-0.39, 0.29) is 5.41 Å². The largest absolute Gasteiger partial charge is 0.374 e. The summed E-state index contributed by atoms with van der Waals surface area (Å²) in [5, 5.41) is 4.85. The lowest BCUT2D eigenvalue weighted by molar-refractivity contribution is 0.563. The molecule has 0 amide bonds. The summed E-state index contributed by atoms with van der Waals surface area (Å²) in [4.78, 5) is 6.99. The molecule has 2 aromatic heterocycles. The van der Waals surface area contributed by atoms with Crippen LogP contribution in [0.4, 0.5) is 5.69 Å². The maximum Gasteiger partial charge on any atom is 0.156 e. The van der Waals surface area contributed by atoms with E-state index in [0.29, 0.717) is 0 Å². The molecule has 4 heteroatoms. The van der Waals surface area contributed by atoms with Gasteiger partial charge in [0.2, 0.25) is 0 Å². The lowest BCUT2D eigenvalue weighted by atomic mass is 9.93. The highest BCUT2D eigenvalue weighted by atomic mass is 15.3. The summed E-state index contributed by atoms with van der Waals surface area (Å²) in [7, 11) is 2.16. The van der Waals surface area contributed by atoms with Gasteiger partial charge in [-0.25, -0.2) is 9.50 Å². The smallest absolute Gasteiger partial charge is 0.156 e. The molecule has 0 unspecified atom stereocenters. The Balaban J connectivity index is 1.92. The number of aromatic nitrogens is 3. The van der Waals surface area contributed by atoms with Gasteiger partial charge in [0.25, 0.3) is 0 Å². The van der Waals surface area contributed by atoms with Crippen LogP contribution < -0.4 is 4.90 Å². The van der Waals surface area contributed by atoms with Crippen molar-refractivity contribution in [1.82, 2.24) is 14.6 Å². The summed E-state index contributed by atoms with van der Waals surface area (Å²) in [6.07, 6.45) is 1.11. The fraction of sp³-hybridized carbons (Fsp3) is 0.400.